The van der Waals surface area contributed by atoms with Gasteiger partial charge in [-0.2, -0.15) is 5.10 Å². The Balaban J connectivity index is 1.84. The number of para-hydroxylation sites is 1. The molecule has 2 heterocycles. The van der Waals surface area contributed by atoms with E-state index in [1.165, 1.54) is 0 Å². The highest BCUT2D eigenvalue weighted by atomic mass is 16.3. The van der Waals surface area contributed by atoms with Crippen molar-refractivity contribution in [3.63, 3.8) is 0 Å². The number of hydrogen-bond acceptors (Lipinski definition) is 4. The zero-order valence-electron chi connectivity index (χ0n) is 15.4. The van der Waals surface area contributed by atoms with E-state index in [4.69, 9.17) is 5.10 Å². The molecule has 0 aliphatic heterocycles. The van der Waals surface area contributed by atoms with E-state index in [1.54, 1.807) is 12.4 Å². The molecule has 0 radical (unpaired) electrons. The van der Waals surface area contributed by atoms with Gasteiger partial charge in [-0.25, -0.2) is 4.68 Å². The van der Waals surface area contributed by atoms with Crippen LogP contribution in [0.25, 0.3) is 16.9 Å². The fraction of sp³-hybridized carbons (Fsp3) is 0.333. The quantitative estimate of drug-likeness (QED) is 0.653. The summed E-state index contributed by atoms with van der Waals surface area (Å²) in [7, 11) is 0. The highest BCUT2D eigenvalue weighted by Gasteiger charge is 2.18. The van der Waals surface area contributed by atoms with Gasteiger partial charge in [0.05, 0.1) is 11.4 Å². The van der Waals surface area contributed by atoms with E-state index in [-0.39, 0.29) is 12.0 Å². The van der Waals surface area contributed by atoms with Gasteiger partial charge in [0.25, 0.3) is 0 Å². The first kappa shape index (κ1) is 18.3. The molecule has 0 unspecified atom stereocenters. The Morgan fingerprint density at radius 2 is 1.81 bits per heavy atom. The Kier molecular flexibility index (Phi) is 5.81. The van der Waals surface area contributed by atoms with Crippen molar-refractivity contribution >= 4 is 0 Å². The molecule has 0 spiro atoms. The van der Waals surface area contributed by atoms with Crippen LogP contribution >= 0.6 is 0 Å². The molecule has 1 aromatic carbocycles. The van der Waals surface area contributed by atoms with Crippen molar-refractivity contribution in [1.29, 1.82) is 0 Å². The lowest BCUT2D eigenvalue weighted by Gasteiger charge is -2.23. The molecule has 5 heteroatoms. The highest BCUT2D eigenvalue weighted by molar-refractivity contribution is 5.62. The first-order valence-corrected chi connectivity index (χ1v) is 8.95. The van der Waals surface area contributed by atoms with Gasteiger partial charge in [-0.05, 0) is 36.1 Å². The predicted molar refractivity (Wildman–Crippen MR) is 104 cm³/mol. The average Bonchev–Trinajstić information content (AvgIpc) is 3.07. The van der Waals surface area contributed by atoms with Crippen molar-refractivity contribution in [3.8, 4) is 16.9 Å². The Labute approximate surface area is 154 Å². The topological polar surface area (TPSA) is 63.0 Å². The molecule has 0 saturated carbocycles. The predicted octanol–water partition coefficient (Wildman–Crippen LogP) is 3.43. The monoisotopic (exact) mass is 350 g/mol. The molecule has 0 aliphatic carbocycles. The van der Waals surface area contributed by atoms with E-state index in [0.717, 1.165) is 42.0 Å². The molecule has 26 heavy (non-hydrogen) atoms. The normalized spacial score (nSPS) is 11.7. The fourth-order valence-electron chi connectivity index (χ4n) is 2.93. The van der Waals surface area contributed by atoms with E-state index >= 15 is 0 Å². The minimum Gasteiger partial charge on any atom is -0.396 e. The number of hydrogen-bond donors (Lipinski definition) is 2. The first-order chi connectivity index (χ1) is 12.6. The summed E-state index contributed by atoms with van der Waals surface area (Å²) in [6.07, 6.45) is 6.44. The lowest BCUT2D eigenvalue weighted by Crippen LogP contribution is -2.29. The molecule has 5 nitrogen and oxygen atoms in total. The van der Waals surface area contributed by atoms with Crippen molar-refractivity contribution in [3.05, 3.63) is 66.6 Å². The molecule has 2 N–H and O–H groups in total. The van der Waals surface area contributed by atoms with Crippen LogP contribution in [0.3, 0.4) is 0 Å². The molecule has 0 saturated heterocycles. The molecular formula is C21H26N4O. The van der Waals surface area contributed by atoms with Crippen LogP contribution in [0.15, 0.2) is 61.1 Å². The second kappa shape index (κ2) is 8.25. The Morgan fingerprint density at radius 1 is 1.08 bits per heavy atom. The smallest absolute Gasteiger partial charge is 0.0973 e. The Bertz CT molecular complexity index is 813. The van der Waals surface area contributed by atoms with Crippen LogP contribution in [0.1, 0.15) is 25.8 Å². The maximum atomic E-state index is 9.19. The van der Waals surface area contributed by atoms with Gasteiger partial charge in [0.1, 0.15) is 0 Å². The van der Waals surface area contributed by atoms with Crippen LogP contribution in [0.4, 0.5) is 0 Å². The number of nitrogens with zero attached hydrogens (tertiary/aromatic N) is 3. The maximum Gasteiger partial charge on any atom is 0.0973 e. The van der Waals surface area contributed by atoms with Crippen molar-refractivity contribution in [2.75, 3.05) is 13.2 Å². The van der Waals surface area contributed by atoms with Gasteiger partial charge in [0, 0.05) is 49.4 Å². The van der Waals surface area contributed by atoms with Gasteiger partial charge in [-0.15, -0.1) is 0 Å². The largest absolute Gasteiger partial charge is 0.396 e. The van der Waals surface area contributed by atoms with Crippen molar-refractivity contribution in [2.24, 2.45) is 5.41 Å². The summed E-state index contributed by atoms with van der Waals surface area (Å²) < 4.78 is 1.92. The summed E-state index contributed by atoms with van der Waals surface area (Å²) in [4.78, 5) is 4.11. The molecule has 136 valence electrons. The van der Waals surface area contributed by atoms with Crippen LogP contribution in [0.5, 0.6) is 0 Å². The molecule has 0 fully saturated rings. The Hall–Kier alpha value is -2.50. The molecule has 3 aromatic rings. The first-order valence-electron chi connectivity index (χ1n) is 8.95. The third kappa shape index (κ3) is 4.56. The van der Waals surface area contributed by atoms with Gasteiger partial charge in [0.2, 0.25) is 0 Å². The number of nitrogens with one attached hydrogen (secondary N) is 1. The summed E-state index contributed by atoms with van der Waals surface area (Å²) in [6.45, 7) is 6.09. The number of rotatable bonds is 8. The lowest BCUT2D eigenvalue weighted by atomic mass is 9.90. The summed E-state index contributed by atoms with van der Waals surface area (Å²) in [6, 6.07) is 14.1. The van der Waals surface area contributed by atoms with Gasteiger partial charge in [-0.1, -0.05) is 32.0 Å². The van der Waals surface area contributed by atoms with Crippen LogP contribution < -0.4 is 5.32 Å². The van der Waals surface area contributed by atoms with Crippen LogP contribution in [0, 0.1) is 5.41 Å². The summed E-state index contributed by atoms with van der Waals surface area (Å²) in [5, 5.41) is 17.5. The minimum atomic E-state index is 0.0566. The molecule has 0 aliphatic rings. The number of pyridine rings is 1. The number of aromatic nitrogens is 3. The highest BCUT2D eigenvalue weighted by Crippen LogP contribution is 2.24. The summed E-state index contributed by atoms with van der Waals surface area (Å²) in [5.41, 5.74) is 4.25. The van der Waals surface area contributed by atoms with E-state index in [2.05, 4.69) is 30.3 Å². The standard InChI is InChI=1S/C21H26N4O/c1-21(2,10-13-26)16-23-14-18-15-25(19-6-4-3-5-7-19)24-20(18)17-8-11-22-12-9-17/h3-9,11-12,15,23,26H,10,13-14,16H2,1-2H3. The van der Waals surface area contributed by atoms with Crippen LogP contribution in [-0.4, -0.2) is 33.0 Å². The van der Waals surface area contributed by atoms with Crippen molar-refractivity contribution in [1.82, 2.24) is 20.1 Å². The van der Waals surface area contributed by atoms with Crippen molar-refractivity contribution < 1.29 is 5.11 Å². The molecule has 0 atom stereocenters. The summed E-state index contributed by atoms with van der Waals surface area (Å²) in [5.74, 6) is 0. The zero-order chi connectivity index (χ0) is 18.4. The number of aliphatic hydroxyl groups is 1. The van der Waals surface area contributed by atoms with Gasteiger partial charge in [-0.3, -0.25) is 4.98 Å². The second-order valence-electron chi connectivity index (χ2n) is 7.26. The van der Waals surface area contributed by atoms with Crippen molar-refractivity contribution in [2.45, 2.75) is 26.8 Å². The second-order valence-corrected chi connectivity index (χ2v) is 7.26. The lowest BCUT2D eigenvalue weighted by molar-refractivity contribution is 0.207. The van der Waals surface area contributed by atoms with Crippen LogP contribution in [-0.2, 0) is 6.54 Å². The third-order valence-electron chi connectivity index (χ3n) is 4.47. The van der Waals surface area contributed by atoms with Gasteiger partial charge in [0.15, 0.2) is 0 Å². The van der Waals surface area contributed by atoms with E-state index in [9.17, 15) is 5.11 Å². The molecule has 2 aromatic heterocycles. The minimum absolute atomic E-state index is 0.0566. The molecule has 0 amide bonds. The fourth-order valence-corrected chi connectivity index (χ4v) is 2.93. The number of benzene rings is 1. The maximum absolute atomic E-state index is 9.19. The van der Waals surface area contributed by atoms with Gasteiger partial charge >= 0.3 is 0 Å². The van der Waals surface area contributed by atoms with Gasteiger partial charge < -0.3 is 10.4 Å². The SMILES string of the molecule is CC(C)(CCO)CNCc1cn(-c2ccccc2)nc1-c1ccncc1. The molecular weight excluding hydrogens is 324 g/mol. The summed E-state index contributed by atoms with van der Waals surface area (Å²) >= 11 is 0. The van der Waals surface area contributed by atoms with E-state index < -0.39 is 0 Å². The molecule has 3 rings (SSSR count). The van der Waals surface area contributed by atoms with E-state index in [0.29, 0.717) is 0 Å². The number of aliphatic hydroxyl groups excluding tert-OH is 1. The van der Waals surface area contributed by atoms with E-state index in [1.807, 2.05) is 47.1 Å². The zero-order valence-corrected chi connectivity index (χ0v) is 15.4. The Morgan fingerprint density at radius 3 is 2.50 bits per heavy atom. The third-order valence-corrected chi connectivity index (χ3v) is 4.47. The van der Waals surface area contributed by atoms with Crippen LogP contribution in [0.2, 0.25) is 0 Å². The average molecular weight is 350 g/mol. The molecule has 0 bridgehead atoms.